The van der Waals surface area contributed by atoms with Crippen molar-refractivity contribution < 1.29 is 9.90 Å². The fourth-order valence-corrected chi connectivity index (χ4v) is 2.13. The number of carboxylic acids is 1. The highest BCUT2D eigenvalue weighted by molar-refractivity contribution is 8.00. The monoisotopic (exact) mass is 265 g/mol. The Kier molecular flexibility index (Phi) is 4.73. The quantitative estimate of drug-likeness (QED) is 0.822. The van der Waals surface area contributed by atoms with Crippen LogP contribution in [-0.4, -0.2) is 22.9 Å². The Morgan fingerprint density at radius 1 is 1.47 bits per heavy atom. The maximum absolute atomic E-state index is 10.7. The minimum absolute atomic E-state index is 0.0697. The summed E-state index contributed by atoms with van der Waals surface area (Å²) in [6.07, 6.45) is 0. The van der Waals surface area contributed by atoms with Crippen molar-refractivity contribution in [3.63, 3.8) is 0 Å². The number of halogens is 2. The summed E-state index contributed by atoms with van der Waals surface area (Å²) in [6, 6.07) is 4.96. The molecule has 3 nitrogen and oxygen atoms in total. The van der Waals surface area contributed by atoms with Crippen molar-refractivity contribution >= 4 is 40.9 Å². The minimum Gasteiger partial charge on any atom is -0.480 e. The molecule has 3 N–H and O–H groups in total. The van der Waals surface area contributed by atoms with Crippen molar-refractivity contribution in [2.24, 2.45) is 5.73 Å². The summed E-state index contributed by atoms with van der Waals surface area (Å²) in [7, 11) is 0. The number of nitrogens with two attached hydrogens (primary N) is 1. The lowest BCUT2D eigenvalue weighted by molar-refractivity contribution is -0.136. The van der Waals surface area contributed by atoms with E-state index in [4.69, 9.17) is 34.0 Å². The predicted octanol–water partition coefficient (Wildman–Crippen LogP) is 2.50. The first-order chi connectivity index (χ1) is 7.04. The zero-order valence-electron chi connectivity index (χ0n) is 7.61. The molecule has 1 unspecified atom stereocenters. The van der Waals surface area contributed by atoms with Gasteiger partial charge in [0.15, 0.2) is 0 Å². The van der Waals surface area contributed by atoms with E-state index in [1.165, 1.54) is 0 Å². The van der Waals surface area contributed by atoms with Crippen molar-refractivity contribution in [2.75, 3.05) is 6.54 Å². The van der Waals surface area contributed by atoms with Gasteiger partial charge in [-0.25, -0.2) is 0 Å². The van der Waals surface area contributed by atoms with Crippen molar-refractivity contribution in [3.05, 3.63) is 28.2 Å². The highest BCUT2D eigenvalue weighted by Crippen LogP contribution is 2.30. The molecule has 0 amide bonds. The van der Waals surface area contributed by atoms with E-state index in [9.17, 15) is 4.79 Å². The SMILES string of the molecule is NCC(Sc1ccc(Cl)c(Cl)c1)C(=O)O. The van der Waals surface area contributed by atoms with E-state index in [1.807, 2.05) is 0 Å². The summed E-state index contributed by atoms with van der Waals surface area (Å²) in [4.78, 5) is 11.5. The molecule has 82 valence electrons. The lowest BCUT2D eigenvalue weighted by Crippen LogP contribution is -2.25. The molecule has 0 saturated heterocycles. The van der Waals surface area contributed by atoms with Crippen LogP contribution in [0.5, 0.6) is 0 Å². The van der Waals surface area contributed by atoms with Crippen LogP contribution in [0, 0.1) is 0 Å². The van der Waals surface area contributed by atoms with Crippen molar-refractivity contribution in [1.82, 2.24) is 0 Å². The van der Waals surface area contributed by atoms with E-state index >= 15 is 0 Å². The molecule has 0 saturated carbocycles. The van der Waals surface area contributed by atoms with Gasteiger partial charge in [-0.1, -0.05) is 23.2 Å². The van der Waals surface area contributed by atoms with Gasteiger partial charge in [0.2, 0.25) is 0 Å². The van der Waals surface area contributed by atoms with Gasteiger partial charge >= 0.3 is 5.97 Å². The minimum atomic E-state index is -0.937. The number of thioether (sulfide) groups is 1. The molecule has 0 heterocycles. The third-order valence-corrected chi connectivity index (χ3v) is 3.60. The smallest absolute Gasteiger partial charge is 0.318 e. The van der Waals surface area contributed by atoms with Crippen LogP contribution in [0.2, 0.25) is 10.0 Å². The van der Waals surface area contributed by atoms with Gasteiger partial charge in [0.05, 0.1) is 10.0 Å². The topological polar surface area (TPSA) is 63.3 Å². The number of carboxylic acid groups (broad SMARTS) is 1. The molecule has 0 aliphatic rings. The van der Waals surface area contributed by atoms with E-state index in [-0.39, 0.29) is 6.54 Å². The lowest BCUT2D eigenvalue weighted by atomic mass is 10.4. The fourth-order valence-electron chi connectivity index (χ4n) is 0.914. The van der Waals surface area contributed by atoms with E-state index in [2.05, 4.69) is 0 Å². The van der Waals surface area contributed by atoms with Crippen molar-refractivity contribution in [3.8, 4) is 0 Å². The molecule has 0 spiro atoms. The lowest BCUT2D eigenvalue weighted by Gasteiger charge is -2.09. The van der Waals surface area contributed by atoms with Crippen LogP contribution in [0.4, 0.5) is 0 Å². The van der Waals surface area contributed by atoms with Crippen LogP contribution >= 0.6 is 35.0 Å². The second-order valence-corrected chi connectivity index (χ2v) is 4.85. The third kappa shape index (κ3) is 3.57. The van der Waals surface area contributed by atoms with Crippen LogP contribution in [0.3, 0.4) is 0 Å². The molecule has 0 radical (unpaired) electrons. The average molecular weight is 266 g/mol. The summed E-state index contributed by atoms with van der Waals surface area (Å²) < 4.78 is 0. The van der Waals surface area contributed by atoms with Crippen LogP contribution < -0.4 is 5.73 Å². The normalized spacial score (nSPS) is 12.5. The van der Waals surface area contributed by atoms with Gasteiger partial charge < -0.3 is 10.8 Å². The van der Waals surface area contributed by atoms with Crippen LogP contribution in [0.1, 0.15) is 0 Å². The third-order valence-electron chi connectivity index (χ3n) is 1.66. The second-order valence-electron chi connectivity index (χ2n) is 2.76. The number of rotatable bonds is 4. The van der Waals surface area contributed by atoms with Crippen LogP contribution in [0.15, 0.2) is 23.1 Å². The van der Waals surface area contributed by atoms with E-state index in [0.717, 1.165) is 16.7 Å². The van der Waals surface area contributed by atoms with Crippen LogP contribution in [-0.2, 0) is 4.79 Å². The highest BCUT2D eigenvalue weighted by Gasteiger charge is 2.17. The Morgan fingerprint density at radius 2 is 2.13 bits per heavy atom. The summed E-state index contributed by atoms with van der Waals surface area (Å²) in [5.74, 6) is -0.937. The first kappa shape index (κ1) is 12.6. The molecule has 0 aliphatic heterocycles. The molecule has 1 aromatic carbocycles. The maximum Gasteiger partial charge on any atom is 0.318 e. The summed E-state index contributed by atoms with van der Waals surface area (Å²) in [6.45, 7) is 0.0697. The molecule has 1 rings (SSSR count). The van der Waals surface area contributed by atoms with Gasteiger partial charge in [-0.2, -0.15) is 0 Å². The second kappa shape index (κ2) is 5.61. The molecule has 0 aliphatic carbocycles. The van der Waals surface area contributed by atoms with Crippen molar-refractivity contribution in [2.45, 2.75) is 10.1 Å². The molecule has 15 heavy (non-hydrogen) atoms. The molecule has 1 atom stereocenters. The Balaban J connectivity index is 2.80. The Labute approximate surface area is 102 Å². The fraction of sp³-hybridized carbons (Fsp3) is 0.222. The van der Waals surface area contributed by atoms with Gasteiger partial charge in [-0.15, -0.1) is 11.8 Å². The van der Waals surface area contributed by atoms with Crippen molar-refractivity contribution in [1.29, 1.82) is 0 Å². The molecule has 1 aromatic rings. The van der Waals surface area contributed by atoms with Gasteiger partial charge in [0, 0.05) is 11.4 Å². The standard InChI is InChI=1S/C9H9Cl2NO2S/c10-6-2-1-5(3-7(6)11)15-8(4-12)9(13)14/h1-3,8H,4,12H2,(H,13,14). The predicted molar refractivity (Wildman–Crippen MR) is 62.8 cm³/mol. The van der Waals surface area contributed by atoms with Crippen LogP contribution in [0.25, 0.3) is 0 Å². The summed E-state index contributed by atoms with van der Waals surface area (Å²) in [5.41, 5.74) is 5.33. The summed E-state index contributed by atoms with van der Waals surface area (Å²) >= 11 is 12.7. The zero-order chi connectivity index (χ0) is 11.4. The number of hydrogen-bond donors (Lipinski definition) is 2. The number of benzene rings is 1. The molecule has 0 fully saturated rings. The highest BCUT2D eigenvalue weighted by atomic mass is 35.5. The Hall–Kier alpha value is -0.420. The largest absolute Gasteiger partial charge is 0.480 e. The molecular formula is C9H9Cl2NO2S. The first-order valence-corrected chi connectivity index (χ1v) is 5.72. The molecule has 0 bridgehead atoms. The maximum atomic E-state index is 10.7. The molecule has 6 heteroatoms. The van der Waals surface area contributed by atoms with Gasteiger partial charge in [0.1, 0.15) is 5.25 Å². The Morgan fingerprint density at radius 3 is 2.60 bits per heavy atom. The van der Waals surface area contributed by atoms with Gasteiger partial charge in [0.25, 0.3) is 0 Å². The zero-order valence-corrected chi connectivity index (χ0v) is 9.94. The van der Waals surface area contributed by atoms with Gasteiger partial charge in [-0.05, 0) is 18.2 Å². The summed E-state index contributed by atoms with van der Waals surface area (Å²) in [5, 5.41) is 8.98. The average Bonchev–Trinajstić information content (AvgIpc) is 2.19. The number of hydrogen-bond acceptors (Lipinski definition) is 3. The number of carbonyl (C=O) groups is 1. The Bertz CT molecular complexity index is 373. The van der Waals surface area contributed by atoms with E-state index in [0.29, 0.717) is 10.0 Å². The van der Waals surface area contributed by atoms with E-state index < -0.39 is 11.2 Å². The van der Waals surface area contributed by atoms with Gasteiger partial charge in [-0.3, -0.25) is 4.79 Å². The molecular weight excluding hydrogens is 257 g/mol. The number of aliphatic carboxylic acids is 1. The first-order valence-electron chi connectivity index (χ1n) is 4.09. The van der Waals surface area contributed by atoms with E-state index in [1.54, 1.807) is 18.2 Å². The molecule has 0 aromatic heterocycles.